The number of fused-ring (bicyclic) bond motifs is 1. The molecule has 0 aliphatic rings. The van der Waals surface area contributed by atoms with E-state index in [-0.39, 0.29) is 5.56 Å². The van der Waals surface area contributed by atoms with Gasteiger partial charge in [-0.05, 0) is 96.1 Å². The number of aromatic carboxylic acids is 1. The lowest BCUT2D eigenvalue weighted by Crippen LogP contribution is -2.02. The lowest BCUT2D eigenvalue weighted by molar-refractivity contribution is 0.0698. The van der Waals surface area contributed by atoms with E-state index in [2.05, 4.69) is 45.3 Å². The molecule has 0 bridgehead atoms. The molecule has 0 radical (unpaired) electrons. The van der Waals surface area contributed by atoms with E-state index in [1.54, 1.807) is 18.2 Å². The van der Waals surface area contributed by atoms with Gasteiger partial charge >= 0.3 is 5.97 Å². The van der Waals surface area contributed by atoms with Gasteiger partial charge in [0, 0.05) is 16.8 Å². The highest BCUT2D eigenvalue weighted by Gasteiger charge is 2.12. The number of carboxylic acid groups (broad SMARTS) is 1. The number of rotatable bonds is 6. The molecule has 1 atom stereocenters. The molecule has 0 aliphatic heterocycles. The first-order valence-electron chi connectivity index (χ1n) is 9.57. The van der Waals surface area contributed by atoms with Crippen LogP contribution in [0, 0.1) is 13.8 Å². The van der Waals surface area contributed by atoms with E-state index in [4.69, 9.17) is 5.10 Å². The number of anilines is 2. The number of nitrogens with zero attached hydrogens (tertiary/aromatic N) is 3. The van der Waals surface area contributed by atoms with Gasteiger partial charge in [-0.15, -0.1) is 0 Å². The standard InChI is InChI=1S/C23H20IN4O2P/c1-14-11-15(2)25-16(12-14)8-10-21-18-9-7-17(13-22(18)28(27-21)31-24)26-20-6-4-3-5-19(20)23(29)30/h3-13,26,31H,1-2H3,(H,29,30)/b10-8+. The molecule has 4 aromatic rings. The summed E-state index contributed by atoms with van der Waals surface area (Å²) in [5, 5.41) is 18.4. The highest BCUT2D eigenvalue weighted by Crippen LogP contribution is 2.33. The van der Waals surface area contributed by atoms with Crippen molar-refractivity contribution in [1.29, 1.82) is 0 Å². The van der Waals surface area contributed by atoms with E-state index in [1.165, 1.54) is 5.56 Å². The second kappa shape index (κ2) is 9.16. The van der Waals surface area contributed by atoms with Crippen LogP contribution >= 0.6 is 28.4 Å². The van der Waals surface area contributed by atoms with Crippen molar-refractivity contribution >= 4 is 68.8 Å². The maximum absolute atomic E-state index is 11.5. The van der Waals surface area contributed by atoms with Gasteiger partial charge in [0.2, 0.25) is 0 Å². The van der Waals surface area contributed by atoms with E-state index in [0.717, 1.165) is 33.7 Å². The minimum absolute atomic E-state index is 0.233. The predicted octanol–water partition coefficient (Wildman–Crippen LogP) is 6.45. The molecule has 2 aromatic heterocycles. The van der Waals surface area contributed by atoms with Gasteiger partial charge in [-0.3, -0.25) is 4.98 Å². The first-order valence-corrected chi connectivity index (χ1v) is 13.6. The number of hydrogen-bond acceptors (Lipinski definition) is 4. The highest BCUT2D eigenvalue weighted by atomic mass is 127. The SMILES string of the molecule is Cc1cc(C)nc(/C=C/c2nn(PI)c3cc(Nc4ccccc4C(=O)O)ccc23)c1. The number of nitrogens with one attached hydrogen (secondary N) is 1. The number of carbonyl (C=O) groups is 1. The minimum atomic E-state index is -0.963. The molecule has 2 aromatic carbocycles. The van der Waals surface area contributed by atoms with Crippen LogP contribution in [-0.2, 0) is 0 Å². The average Bonchev–Trinajstić information content (AvgIpc) is 3.09. The van der Waals surface area contributed by atoms with Gasteiger partial charge in [0.15, 0.2) is 0 Å². The monoisotopic (exact) mass is 542 g/mol. The molecule has 31 heavy (non-hydrogen) atoms. The summed E-state index contributed by atoms with van der Waals surface area (Å²) in [6.07, 6.45) is 4.41. The van der Waals surface area contributed by atoms with Crippen LogP contribution in [0.3, 0.4) is 0 Å². The quantitative estimate of drug-likeness (QED) is 0.216. The number of benzene rings is 2. The highest BCUT2D eigenvalue weighted by molar-refractivity contribution is 14.2. The topological polar surface area (TPSA) is 80.0 Å². The first kappa shape index (κ1) is 21.5. The number of aromatic nitrogens is 3. The van der Waals surface area contributed by atoms with Crippen molar-refractivity contribution in [2.24, 2.45) is 0 Å². The number of para-hydroxylation sites is 1. The van der Waals surface area contributed by atoms with Crippen molar-refractivity contribution in [2.45, 2.75) is 13.8 Å². The summed E-state index contributed by atoms with van der Waals surface area (Å²) in [5.41, 5.74) is 6.52. The number of pyridine rings is 1. The van der Waals surface area contributed by atoms with Gasteiger partial charge < -0.3 is 10.4 Å². The molecular formula is C23H20IN4O2P. The Balaban J connectivity index is 1.69. The largest absolute Gasteiger partial charge is 0.478 e. The zero-order valence-electron chi connectivity index (χ0n) is 16.9. The predicted molar refractivity (Wildman–Crippen MR) is 137 cm³/mol. The van der Waals surface area contributed by atoms with Gasteiger partial charge in [-0.1, -0.05) is 12.1 Å². The molecule has 0 saturated heterocycles. The minimum Gasteiger partial charge on any atom is -0.478 e. The summed E-state index contributed by atoms with van der Waals surface area (Å²) in [5.74, 6) is -0.963. The number of carboxylic acids is 1. The molecule has 0 spiro atoms. The van der Waals surface area contributed by atoms with Crippen LogP contribution < -0.4 is 5.32 Å². The summed E-state index contributed by atoms with van der Waals surface area (Å²) >= 11 is 2.31. The van der Waals surface area contributed by atoms with Gasteiger partial charge in [-0.25, -0.2) is 9.25 Å². The molecule has 1 unspecified atom stereocenters. The average molecular weight is 542 g/mol. The lowest BCUT2D eigenvalue weighted by atomic mass is 10.1. The fourth-order valence-corrected chi connectivity index (χ4v) is 4.99. The Morgan fingerprint density at radius 2 is 1.94 bits per heavy atom. The normalized spacial score (nSPS) is 11.7. The first-order chi connectivity index (χ1) is 14.9. The molecule has 6 nitrogen and oxygen atoms in total. The molecule has 2 heterocycles. The van der Waals surface area contributed by atoms with Gasteiger partial charge in [0.1, 0.15) is 0 Å². The maximum atomic E-state index is 11.5. The number of aryl methyl sites for hydroxylation is 2. The molecule has 0 fully saturated rings. The third-order valence-corrected chi connectivity index (χ3v) is 6.63. The van der Waals surface area contributed by atoms with Crippen LogP contribution in [0.25, 0.3) is 23.1 Å². The Bertz CT molecular complexity index is 1300. The molecule has 0 saturated carbocycles. The van der Waals surface area contributed by atoms with Crippen molar-refractivity contribution in [3.8, 4) is 0 Å². The molecule has 2 N–H and O–H groups in total. The van der Waals surface area contributed by atoms with Gasteiger partial charge in [0.05, 0.1) is 34.5 Å². The van der Waals surface area contributed by atoms with E-state index in [9.17, 15) is 9.90 Å². The zero-order valence-corrected chi connectivity index (χ0v) is 20.1. The van der Waals surface area contributed by atoms with Crippen LogP contribution in [0.15, 0.2) is 54.6 Å². The molecule has 4 rings (SSSR count). The maximum Gasteiger partial charge on any atom is 0.337 e. The van der Waals surface area contributed by atoms with Crippen LogP contribution in [0.4, 0.5) is 11.4 Å². The van der Waals surface area contributed by atoms with Crippen molar-refractivity contribution in [2.75, 3.05) is 5.32 Å². The fourth-order valence-electron chi connectivity index (χ4n) is 3.46. The van der Waals surface area contributed by atoms with Crippen molar-refractivity contribution < 1.29 is 9.90 Å². The van der Waals surface area contributed by atoms with E-state index >= 15 is 0 Å². The second-order valence-corrected chi connectivity index (χ2v) is 9.17. The Morgan fingerprint density at radius 3 is 2.68 bits per heavy atom. The summed E-state index contributed by atoms with van der Waals surface area (Å²) < 4.78 is 1.96. The third-order valence-electron chi connectivity index (χ3n) is 4.76. The third kappa shape index (κ3) is 4.78. The van der Waals surface area contributed by atoms with E-state index in [1.807, 2.05) is 53.9 Å². The van der Waals surface area contributed by atoms with Crippen LogP contribution in [0.5, 0.6) is 0 Å². The summed E-state index contributed by atoms with van der Waals surface area (Å²) in [4.78, 5) is 16.1. The summed E-state index contributed by atoms with van der Waals surface area (Å²) in [6, 6.07) is 16.9. The van der Waals surface area contributed by atoms with Gasteiger partial charge in [-0.2, -0.15) is 5.10 Å². The van der Waals surface area contributed by atoms with E-state index in [0.29, 0.717) is 12.1 Å². The van der Waals surface area contributed by atoms with Gasteiger partial charge in [0.25, 0.3) is 0 Å². The Hall–Kier alpha value is -2.77. The molecule has 8 heteroatoms. The fraction of sp³-hybridized carbons (Fsp3) is 0.0870. The van der Waals surface area contributed by atoms with Crippen LogP contribution in [0.1, 0.15) is 33.0 Å². The number of hydrogen-bond donors (Lipinski definition) is 2. The lowest BCUT2D eigenvalue weighted by Gasteiger charge is -2.10. The molecule has 0 aliphatic carbocycles. The Morgan fingerprint density at radius 1 is 1.13 bits per heavy atom. The summed E-state index contributed by atoms with van der Waals surface area (Å²) in [6.45, 7) is 4.05. The van der Waals surface area contributed by atoms with Crippen molar-refractivity contribution in [3.05, 3.63) is 82.8 Å². The van der Waals surface area contributed by atoms with Crippen LogP contribution in [-0.4, -0.2) is 25.6 Å². The van der Waals surface area contributed by atoms with Crippen LogP contribution in [0.2, 0.25) is 0 Å². The second-order valence-electron chi connectivity index (χ2n) is 7.13. The van der Waals surface area contributed by atoms with Crippen molar-refractivity contribution in [1.82, 2.24) is 14.5 Å². The molecular weight excluding hydrogens is 522 g/mol. The molecule has 156 valence electrons. The molecule has 0 amide bonds. The van der Waals surface area contributed by atoms with E-state index < -0.39 is 5.97 Å². The Kier molecular flexibility index (Phi) is 6.34. The van der Waals surface area contributed by atoms with Crippen molar-refractivity contribution in [3.63, 3.8) is 0 Å². The number of halogens is 1. The Labute approximate surface area is 194 Å². The zero-order chi connectivity index (χ0) is 22.0. The summed E-state index contributed by atoms with van der Waals surface area (Å²) in [7, 11) is 0. The smallest absolute Gasteiger partial charge is 0.337 e.